The van der Waals surface area contributed by atoms with Crippen LogP contribution < -0.4 is 0 Å². The highest BCUT2D eigenvalue weighted by atomic mass is 16.2. The molecule has 1 aliphatic heterocycles. The summed E-state index contributed by atoms with van der Waals surface area (Å²) in [6, 6.07) is 0.350. The summed E-state index contributed by atoms with van der Waals surface area (Å²) >= 11 is 0. The number of carbonyl (C=O) groups excluding carboxylic acids is 1. The Hall–Kier alpha value is -1.39. The molecule has 108 valence electrons. The number of amides is 1. The average Bonchev–Trinajstić information content (AvgIpc) is 3.18. The number of aromatic nitrogens is 3. The number of hydrogen-bond acceptors (Lipinski definition) is 3. The Balaban J connectivity index is 1.32. The van der Waals surface area contributed by atoms with Crippen LogP contribution in [0.4, 0.5) is 0 Å². The van der Waals surface area contributed by atoms with Gasteiger partial charge in [0.1, 0.15) is 0 Å². The first-order chi connectivity index (χ1) is 9.81. The second-order valence-corrected chi connectivity index (χ2v) is 6.63. The number of likely N-dealkylation sites (tertiary alicyclic amines) is 1. The molecule has 2 aliphatic carbocycles. The Kier molecular flexibility index (Phi) is 3.00. The molecule has 1 saturated heterocycles. The third-order valence-corrected chi connectivity index (χ3v) is 5.03. The molecule has 0 unspecified atom stereocenters. The summed E-state index contributed by atoms with van der Waals surface area (Å²) in [5, 5.41) is 8.48. The minimum Gasteiger partial charge on any atom is -0.338 e. The molecule has 4 rings (SSSR count). The zero-order valence-corrected chi connectivity index (χ0v) is 11.9. The van der Waals surface area contributed by atoms with Crippen LogP contribution in [-0.4, -0.2) is 38.9 Å². The normalized spacial score (nSPS) is 24.7. The highest BCUT2D eigenvalue weighted by Crippen LogP contribution is 2.39. The van der Waals surface area contributed by atoms with Crippen LogP contribution in [0.1, 0.15) is 62.6 Å². The van der Waals surface area contributed by atoms with Crippen molar-refractivity contribution >= 4 is 5.91 Å². The van der Waals surface area contributed by atoms with E-state index >= 15 is 0 Å². The maximum Gasteiger partial charge on any atom is 0.225 e. The zero-order valence-electron chi connectivity index (χ0n) is 11.9. The Morgan fingerprint density at radius 3 is 2.55 bits per heavy atom. The summed E-state index contributed by atoms with van der Waals surface area (Å²) in [5.74, 6) is 1.33. The fourth-order valence-corrected chi connectivity index (χ4v) is 3.45. The van der Waals surface area contributed by atoms with Crippen molar-refractivity contribution in [3.05, 3.63) is 11.9 Å². The molecule has 3 fully saturated rings. The van der Waals surface area contributed by atoms with Gasteiger partial charge in [-0.05, 0) is 25.7 Å². The molecular weight excluding hydrogens is 252 g/mol. The minimum absolute atomic E-state index is 0.294. The molecule has 5 heteroatoms. The third-order valence-electron chi connectivity index (χ3n) is 5.03. The van der Waals surface area contributed by atoms with Gasteiger partial charge in [-0.25, -0.2) is 4.68 Å². The van der Waals surface area contributed by atoms with E-state index in [1.54, 1.807) is 0 Å². The Labute approximate surface area is 119 Å². The number of nitrogens with zero attached hydrogens (tertiary/aromatic N) is 4. The highest BCUT2D eigenvalue weighted by Gasteiger charge is 2.37. The molecule has 2 heterocycles. The second kappa shape index (κ2) is 4.86. The lowest BCUT2D eigenvalue weighted by Gasteiger charge is -2.41. The first kappa shape index (κ1) is 12.4. The van der Waals surface area contributed by atoms with E-state index in [0.29, 0.717) is 23.8 Å². The maximum absolute atomic E-state index is 12.4. The van der Waals surface area contributed by atoms with Crippen molar-refractivity contribution < 1.29 is 4.79 Å². The fourth-order valence-electron chi connectivity index (χ4n) is 3.45. The van der Waals surface area contributed by atoms with Gasteiger partial charge in [0.2, 0.25) is 5.91 Å². The molecule has 0 bridgehead atoms. The number of rotatable bonds is 3. The van der Waals surface area contributed by atoms with E-state index < -0.39 is 0 Å². The van der Waals surface area contributed by atoms with E-state index in [4.69, 9.17) is 0 Å². The standard InChI is InChI=1S/C15H22N4O/c20-15(12-4-2-1-3-5-12)18-8-13(9-18)19-10-14(16-17-19)11-6-7-11/h10-13H,1-9H2. The quantitative estimate of drug-likeness (QED) is 0.848. The molecule has 1 aromatic heterocycles. The van der Waals surface area contributed by atoms with Crippen LogP contribution >= 0.6 is 0 Å². The van der Waals surface area contributed by atoms with E-state index in [2.05, 4.69) is 16.5 Å². The predicted molar refractivity (Wildman–Crippen MR) is 74.2 cm³/mol. The van der Waals surface area contributed by atoms with Gasteiger partial charge in [-0.2, -0.15) is 0 Å². The van der Waals surface area contributed by atoms with E-state index in [1.807, 2.05) is 9.58 Å². The van der Waals surface area contributed by atoms with Crippen molar-refractivity contribution in [2.24, 2.45) is 5.92 Å². The largest absolute Gasteiger partial charge is 0.338 e. The first-order valence-electron chi connectivity index (χ1n) is 8.02. The van der Waals surface area contributed by atoms with Gasteiger partial charge >= 0.3 is 0 Å². The van der Waals surface area contributed by atoms with Gasteiger partial charge < -0.3 is 4.90 Å². The van der Waals surface area contributed by atoms with Crippen molar-refractivity contribution in [3.63, 3.8) is 0 Å². The lowest BCUT2D eigenvalue weighted by Crippen LogP contribution is -2.53. The predicted octanol–water partition coefficient (Wildman–Crippen LogP) is 2.12. The van der Waals surface area contributed by atoms with E-state index in [0.717, 1.165) is 31.6 Å². The maximum atomic E-state index is 12.4. The fraction of sp³-hybridized carbons (Fsp3) is 0.800. The molecule has 3 aliphatic rings. The van der Waals surface area contributed by atoms with E-state index in [-0.39, 0.29) is 0 Å². The van der Waals surface area contributed by atoms with Crippen LogP contribution in [-0.2, 0) is 4.79 Å². The third kappa shape index (κ3) is 2.23. The summed E-state index contributed by atoms with van der Waals surface area (Å²) in [6.45, 7) is 1.64. The summed E-state index contributed by atoms with van der Waals surface area (Å²) in [4.78, 5) is 14.4. The SMILES string of the molecule is O=C(C1CCCCC1)N1CC(n2cc(C3CC3)nn2)C1. The van der Waals surface area contributed by atoms with Crippen LogP contribution in [0, 0.1) is 5.92 Å². The summed E-state index contributed by atoms with van der Waals surface area (Å²) in [5.41, 5.74) is 1.14. The van der Waals surface area contributed by atoms with Crippen molar-refractivity contribution in [1.82, 2.24) is 19.9 Å². The van der Waals surface area contributed by atoms with Crippen molar-refractivity contribution in [1.29, 1.82) is 0 Å². The molecule has 20 heavy (non-hydrogen) atoms. The van der Waals surface area contributed by atoms with Crippen LogP contribution in [0.2, 0.25) is 0 Å². The molecule has 0 aromatic carbocycles. The Morgan fingerprint density at radius 1 is 1.10 bits per heavy atom. The lowest BCUT2D eigenvalue weighted by atomic mass is 9.87. The topological polar surface area (TPSA) is 51.0 Å². The van der Waals surface area contributed by atoms with Crippen LogP contribution in [0.25, 0.3) is 0 Å². The average molecular weight is 274 g/mol. The minimum atomic E-state index is 0.294. The van der Waals surface area contributed by atoms with Gasteiger partial charge in [0, 0.05) is 31.1 Å². The van der Waals surface area contributed by atoms with E-state index in [1.165, 1.54) is 32.1 Å². The summed E-state index contributed by atoms with van der Waals surface area (Å²) in [7, 11) is 0. The molecule has 0 atom stereocenters. The van der Waals surface area contributed by atoms with Gasteiger partial charge in [0.05, 0.1) is 11.7 Å². The molecule has 0 radical (unpaired) electrons. The summed E-state index contributed by atoms with van der Waals surface area (Å²) < 4.78 is 1.97. The second-order valence-electron chi connectivity index (χ2n) is 6.63. The van der Waals surface area contributed by atoms with Crippen molar-refractivity contribution in [2.75, 3.05) is 13.1 Å². The van der Waals surface area contributed by atoms with Gasteiger partial charge in [-0.3, -0.25) is 4.79 Å². The van der Waals surface area contributed by atoms with Crippen LogP contribution in [0.5, 0.6) is 0 Å². The molecule has 1 amide bonds. The van der Waals surface area contributed by atoms with E-state index in [9.17, 15) is 4.79 Å². The zero-order chi connectivity index (χ0) is 13.5. The van der Waals surface area contributed by atoms with Crippen molar-refractivity contribution in [2.45, 2.75) is 56.9 Å². The van der Waals surface area contributed by atoms with Crippen LogP contribution in [0.3, 0.4) is 0 Å². The van der Waals surface area contributed by atoms with Gasteiger partial charge in [0.25, 0.3) is 0 Å². The lowest BCUT2D eigenvalue weighted by molar-refractivity contribution is -0.142. The number of hydrogen-bond donors (Lipinski definition) is 0. The monoisotopic (exact) mass is 274 g/mol. The smallest absolute Gasteiger partial charge is 0.225 e. The molecule has 1 aromatic rings. The molecule has 0 spiro atoms. The summed E-state index contributed by atoms with van der Waals surface area (Å²) in [6.07, 6.45) is 10.5. The molecular formula is C15H22N4O. The van der Waals surface area contributed by atoms with Gasteiger partial charge in [0.15, 0.2) is 0 Å². The Morgan fingerprint density at radius 2 is 1.85 bits per heavy atom. The molecule has 0 N–H and O–H groups in total. The molecule has 2 saturated carbocycles. The van der Waals surface area contributed by atoms with Gasteiger partial charge in [-0.1, -0.05) is 24.5 Å². The van der Waals surface area contributed by atoms with Gasteiger partial charge in [-0.15, -0.1) is 5.10 Å². The highest BCUT2D eigenvalue weighted by molar-refractivity contribution is 5.79. The Bertz CT molecular complexity index is 496. The first-order valence-corrected chi connectivity index (χ1v) is 8.02. The number of carbonyl (C=O) groups is 1. The molecule has 5 nitrogen and oxygen atoms in total. The van der Waals surface area contributed by atoms with Crippen LogP contribution in [0.15, 0.2) is 6.20 Å². The van der Waals surface area contributed by atoms with Crippen molar-refractivity contribution in [3.8, 4) is 0 Å².